The lowest BCUT2D eigenvalue weighted by Gasteiger charge is -2.31. The van der Waals surface area contributed by atoms with E-state index in [2.05, 4.69) is 17.1 Å². The summed E-state index contributed by atoms with van der Waals surface area (Å²) in [6.45, 7) is 4.53. The second-order valence-electron chi connectivity index (χ2n) is 5.46. The molecule has 3 rings (SSSR count). The highest BCUT2D eigenvalue weighted by Crippen LogP contribution is 2.03. The number of rotatable bonds is 4. The third kappa shape index (κ3) is 3.83. The van der Waals surface area contributed by atoms with Gasteiger partial charge in [-0.25, -0.2) is 0 Å². The maximum absolute atomic E-state index is 12.1. The zero-order chi connectivity index (χ0) is 15.2. The average molecular weight is 298 g/mol. The first kappa shape index (κ1) is 14.5. The van der Waals surface area contributed by atoms with Gasteiger partial charge >= 0.3 is 0 Å². The zero-order valence-corrected chi connectivity index (χ0v) is 12.4. The largest absolute Gasteiger partial charge is 0.465 e. The second-order valence-corrected chi connectivity index (χ2v) is 5.46. The Morgan fingerprint density at radius 2 is 2.05 bits per heavy atom. The molecule has 0 aromatic carbocycles. The summed E-state index contributed by atoms with van der Waals surface area (Å²) in [7, 11) is 0. The number of carbonyl (C=O) groups excluding carboxylic acids is 1. The van der Waals surface area contributed by atoms with Gasteiger partial charge < -0.3 is 14.2 Å². The molecule has 0 saturated carbocycles. The van der Waals surface area contributed by atoms with Crippen molar-refractivity contribution in [2.75, 3.05) is 26.2 Å². The fourth-order valence-electron chi connectivity index (χ4n) is 2.65. The van der Waals surface area contributed by atoms with Crippen molar-refractivity contribution in [2.45, 2.75) is 6.54 Å². The lowest BCUT2D eigenvalue weighted by Crippen LogP contribution is -3.13. The SMILES string of the molecule is O=C(/C=C/c1ccco1)N1CC[NH+](Cc2ccncc2)CC1. The zero-order valence-electron chi connectivity index (χ0n) is 12.4. The third-order valence-electron chi connectivity index (χ3n) is 3.92. The number of amides is 1. The summed E-state index contributed by atoms with van der Waals surface area (Å²) in [5, 5.41) is 0. The van der Waals surface area contributed by atoms with Gasteiger partial charge in [-0.15, -0.1) is 0 Å². The van der Waals surface area contributed by atoms with Crippen LogP contribution in [0.1, 0.15) is 11.3 Å². The number of quaternary nitrogens is 1. The summed E-state index contributed by atoms with van der Waals surface area (Å²) >= 11 is 0. The Hall–Kier alpha value is -2.40. The van der Waals surface area contributed by atoms with E-state index in [4.69, 9.17) is 4.42 Å². The van der Waals surface area contributed by atoms with Crippen LogP contribution in [0.5, 0.6) is 0 Å². The first-order valence-electron chi connectivity index (χ1n) is 7.54. The molecular weight excluding hydrogens is 278 g/mol. The van der Waals surface area contributed by atoms with Gasteiger partial charge in [0.1, 0.15) is 12.3 Å². The molecule has 5 nitrogen and oxygen atoms in total. The van der Waals surface area contributed by atoms with Gasteiger partial charge in [0.15, 0.2) is 0 Å². The van der Waals surface area contributed by atoms with E-state index in [9.17, 15) is 4.79 Å². The van der Waals surface area contributed by atoms with Gasteiger partial charge in [0, 0.05) is 24.0 Å². The van der Waals surface area contributed by atoms with E-state index in [1.54, 1.807) is 18.4 Å². The van der Waals surface area contributed by atoms with E-state index in [-0.39, 0.29) is 5.91 Å². The van der Waals surface area contributed by atoms with Crippen molar-refractivity contribution >= 4 is 12.0 Å². The lowest BCUT2D eigenvalue weighted by atomic mass is 10.2. The van der Waals surface area contributed by atoms with Crippen molar-refractivity contribution in [3.05, 3.63) is 60.3 Å². The first-order valence-corrected chi connectivity index (χ1v) is 7.54. The van der Waals surface area contributed by atoms with Crippen LogP contribution in [0.15, 0.2) is 53.4 Å². The van der Waals surface area contributed by atoms with Crippen molar-refractivity contribution in [3.63, 3.8) is 0 Å². The molecule has 1 saturated heterocycles. The Bertz CT molecular complexity index is 615. The van der Waals surface area contributed by atoms with Gasteiger partial charge in [0.25, 0.3) is 0 Å². The number of furan rings is 1. The van der Waals surface area contributed by atoms with Crippen LogP contribution in [-0.4, -0.2) is 42.0 Å². The molecule has 0 spiro atoms. The van der Waals surface area contributed by atoms with Crippen LogP contribution < -0.4 is 4.90 Å². The van der Waals surface area contributed by atoms with Crippen molar-refractivity contribution in [1.29, 1.82) is 0 Å². The molecule has 0 aliphatic carbocycles. The molecule has 22 heavy (non-hydrogen) atoms. The number of nitrogens with zero attached hydrogens (tertiary/aromatic N) is 2. The Morgan fingerprint density at radius 1 is 1.27 bits per heavy atom. The molecule has 0 unspecified atom stereocenters. The molecule has 0 atom stereocenters. The Balaban J connectivity index is 1.48. The fraction of sp³-hybridized carbons (Fsp3) is 0.294. The number of aromatic nitrogens is 1. The van der Waals surface area contributed by atoms with Crippen molar-refractivity contribution < 1.29 is 14.1 Å². The van der Waals surface area contributed by atoms with Gasteiger partial charge in [-0.1, -0.05) is 0 Å². The number of hydrogen-bond acceptors (Lipinski definition) is 3. The van der Waals surface area contributed by atoms with Gasteiger partial charge in [0.05, 0.1) is 32.4 Å². The molecule has 0 bridgehead atoms. The molecule has 5 heteroatoms. The van der Waals surface area contributed by atoms with Crippen LogP contribution in [0.2, 0.25) is 0 Å². The molecular formula is C17H20N3O2+. The molecule has 1 amide bonds. The van der Waals surface area contributed by atoms with Gasteiger partial charge in [-0.2, -0.15) is 0 Å². The van der Waals surface area contributed by atoms with Crippen LogP contribution in [0, 0.1) is 0 Å². The normalized spacial score (nSPS) is 16.3. The van der Waals surface area contributed by atoms with Crippen LogP contribution in [0.25, 0.3) is 6.08 Å². The smallest absolute Gasteiger partial charge is 0.247 e. The summed E-state index contributed by atoms with van der Waals surface area (Å²) in [6.07, 6.45) is 8.57. The molecule has 1 aliphatic rings. The maximum atomic E-state index is 12.1. The second kappa shape index (κ2) is 7.04. The summed E-state index contributed by atoms with van der Waals surface area (Å²) in [5.41, 5.74) is 1.29. The number of hydrogen-bond donors (Lipinski definition) is 1. The summed E-state index contributed by atoms with van der Waals surface area (Å²) in [5.74, 6) is 0.759. The fourth-order valence-corrected chi connectivity index (χ4v) is 2.65. The maximum Gasteiger partial charge on any atom is 0.247 e. The van der Waals surface area contributed by atoms with Crippen LogP contribution in [0.3, 0.4) is 0 Å². The van der Waals surface area contributed by atoms with E-state index in [0.717, 1.165) is 32.7 Å². The number of pyridine rings is 1. The van der Waals surface area contributed by atoms with Gasteiger partial charge in [-0.05, 0) is 30.3 Å². The highest BCUT2D eigenvalue weighted by molar-refractivity contribution is 5.91. The van der Waals surface area contributed by atoms with Crippen LogP contribution in [-0.2, 0) is 11.3 Å². The topological polar surface area (TPSA) is 50.8 Å². The van der Waals surface area contributed by atoms with E-state index < -0.39 is 0 Å². The Morgan fingerprint density at radius 3 is 2.73 bits per heavy atom. The first-order chi connectivity index (χ1) is 10.8. The minimum absolute atomic E-state index is 0.0550. The minimum Gasteiger partial charge on any atom is -0.465 e. The Labute approximate surface area is 129 Å². The predicted octanol–water partition coefficient (Wildman–Crippen LogP) is 0.615. The molecule has 114 valence electrons. The van der Waals surface area contributed by atoms with E-state index in [1.165, 1.54) is 10.5 Å². The molecule has 0 radical (unpaired) electrons. The van der Waals surface area contributed by atoms with Crippen molar-refractivity contribution in [1.82, 2.24) is 9.88 Å². The van der Waals surface area contributed by atoms with E-state index in [0.29, 0.717) is 5.76 Å². The highest BCUT2D eigenvalue weighted by Gasteiger charge is 2.22. The number of piperazine rings is 1. The molecule has 1 aliphatic heterocycles. The average Bonchev–Trinajstić information content (AvgIpc) is 3.08. The molecule has 1 N–H and O–H groups in total. The predicted molar refractivity (Wildman–Crippen MR) is 83.0 cm³/mol. The molecule has 3 heterocycles. The minimum atomic E-state index is 0.0550. The third-order valence-corrected chi connectivity index (χ3v) is 3.92. The summed E-state index contributed by atoms with van der Waals surface area (Å²) < 4.78 is 5.19. The summed E-state index contributed by atoms with van der Waals surface area (Å²) in [6, 6.07) is 7.75. The van der Waals surface area contributed by atoms with E-state index in [1.807, 2.05) is 29.4 Å². The van der Waals surface area contributed by atoms with Crippen molar-refractivity contribution in [3.8, 4) is 0 Å². The standard InChI is InChI=1S/C17H19N3O2/c21-17(4-3-16-2-1-13-22-16)20-11-9-19(10-12-20)14-15-5-7-18-8-6-15/h1-8,13H,9-12,14H2/p+1/b4-3+. The highest BCUT2D eigenvalue weighted by atomic mass is 16.3. The van der Waals surface area contributed by atoms with Gasteiger partial charge in [0.2, 0.25) is 5.91 Å². The Kier molecular flexibility index (Phi) is 4.65. The van der Waals surface area contributed by atoms with Crippen molar-refractivity contribution in [2.24, 2.45) is 0 Å². The number of carbonyl (C=O) groups is 1. The monoisotopic (exact) mass is 298 g/mol. The molecule has 2 aromatic heterocycles. The van der Waals surface area contributed by atoms with Crippen LogP contribution in [0.4, 0.5) is 0 Å². The summed E-state index contributed by atoms with van der Waals surface area (Å²) in [4.78, 5) is 19.6. The van der Waals surface area contributed by atoms with E-state index >= 15 is 0 Å². The lowest BCUT2D eigenvalue weighted by molar-refractivity contribution is -0.917. The van der Waals surface area contributed by atoms with Gasteiger partial charge in [-0.3, -0.25) is 9.78 Å². The quantitative estimate of drug-likeness (QED) is 0.842. The molecule has 2 aromatic rings. The van der Waals surface area contributed by atoms with Crippen LogP contribution >= 0.6 is 0 Å². The molecule has 1 fully saturated rings. The number of nitrogens with one attached hydrogen (secondary N) is 1.